The van der Waals surface area contributed by atoms with Crippen molar-refractivity contribution in [1.29, 1.82) is 0 Å². The largest absolute Gasteiger partial charge is 0.493 e. The van der Waals surface area contributed by atoms with Crippen LogP contribution in [0.25, 0.3) is 0 Å². The van der Waals surface area contributed by atoms with Crippen LogP contribution in [-0.2, 0) is 6.18 Å². The molecule has 0 bridgehead atoms. The van der Waals surface area contributed by atoms with E-state index in [1.54, 1.807) is 12.4 Å². The Morgan fingerprint density at radius 3 is 2.72 bits per heavy atom. The van der Waals surface area contributed by atoms with E-state index in [1.807, 2.05) is 6.92 Å². The molecule has 0 N–H and O–H groups in total. The Kier molecular flexibility index (Phi) is 5.06. The molecule has 0 aliphatic carbocycles. The summed E-state index contributed by atoms with van der Waals surface area (Å²) in [6.45, 7) is 3.87. The molecule has 25 heavy (non-hydrogen) atoms. The Morgan fingerprint density at radius 2 is 2.00 bits per heavy atom. The van der Waals surface area contributed by atoms with Crippen LogP contribution in [0.5, 0.6) is 5.75 Å². The van der Waals surface area contributed by atoms with Crippen molar-refractivity contribution in [2.75, 3.05) is 24.6 Å². The fraction of sp³-hybridized carbons (Fsp3) is 0.471. The number of hydrogen-bond donors (Lipinski definition) is 0. The van der Waals surface area contributed by atoms with Crippen LogP contribution in [0.3, 0.4) is 0 Å². The van der Waals surface area contributed by atoms with Crippen LogP contribution >= 0.6 is 0 Å². The van der Waals surface area contributed by atoms with E-state index in [0.717, 1.165) is 43.8 Å². The van der Waals surface area contributed by atoms with Crippen molar-refractivity contribution in [3.05, 3.63) is 42.0 Å². The molecule has 1 unspecified atom stereocenters. The monoisotopic (exact) mass is 352 g/mol. The second-order valence-electron chi connectivity index (χ2n) is 6.20. The Bertz CT molecular complexity index is 706. The maximum atomic E-state index is 12.7. The van der Waals surface area contributed by atoms with Gasteiger partial charge >= 0.3 is 6.18 Å². The fourth-order valence-corrected chi connectivity index (χ4v) is 2.80. The average molecular weight is 352 g/mol. The zero-order valence-electron chi connectivity index (χ0n) is 13.8. The highest BCUT2D eigenvalue weighted by molar-refractivity contribution is 5.30. The van der Waals surface area contributed by atoms with Gasteiger partial charge < -0.3 is 9.64 Å². The summed E-state index contributed by atoms with van der Waals surface area (Å²) in [5, 5.41) is 0. The van der Waals surface area contributed by atoms with Crippen molar-refractivity contribution in [2.45, 2.75) is 25.9 Å². The van der Waals surface area contributed by atoms with Gasteiger partial charge in [0.2, 0.25) is 5.95 Å². The Morgan fingerprint density at radius 1 is 1.24 bits per heavy atom. The number of rotatable bonds is 4. The van der Waals surface area contributed by atoms with E-state index in [-0.39, 0.29) is 11.7 Å². The fourth-order valence-electron chi connectivity index (χ4n) is 2.80. The van der Waals surface area contributed by atoms with Gasteiger partial charge in [-0.25, -0.2) is 9.97 Å². The minimum absolute atomic E-state index is 0.186. The first kappa shape index (κ1) is 17.4. The van der Waals surface area contributed by atoms with Gasteiger partial charge in [-0.15, -0.1) is 0 Å². The Labute approximate surface area is 143 Å². The van der Waals surface area contributed by atoms with Crippen LogP contribution in [0.15, 0.2) is 30.7 Å². The van der Waals surface area contributed by atoms with Crippen LogP contribution in [-0.4, -0.2) is 34.6 Å². The summed E-state index contributed by atoms with van der Waals surface area (Å²) < 4.78 is 43.7. The number of hydrogen-bond acceptors (Lipinski definition) is 5. The maximum absolute atomic E-state index is 12.7. The molecule has 2 aromatic rings. The molecule has 3 rings (SSSR count). The molecule has 0 spiro atoms. The summed E-state index contributed by atoms with van der Waals surface area (Å²) in [4.78, 5) is 14.1. The molecule has 3 heterocycles. The number of piperidine rings is 1. The van der Waals surface area contributed by atoms with Gasteiger partial charge in [-0.05, 0) is 31.4 Å². The second kappa shape index (κ2) is 7.25. The van der Waals surface area contributed by atoms with Crippen molar-refractivity contribution < 1.29 is 17.9 Å². The van der Waals surface area contributed by atoms with Crippen molar-refractivity contribution >= 4 is 5.95 Å². The zero-order valence-corrected chi connectivity index (χ0v) is 13.8. The summed E-state index contributed by atoms with van der Waals surface area (Å²) in [6, 6.07) is 2.38. The van der Waals surface area contributed by atoms with Crippen molar-refractivity contribution in [1.82, 2.24) is 15.0 Å². The first-order chi connectivity index (χ1) is 11.9. The van der Waals surface area contributed by atoms with E-state index in [4.69, 9.17) is 4.74 Å². The number of ether oxygens (including phenoxy) is 1. The highest BCUT2D eigenvalue weighted by Crippen LogP contribution is 2.30. The summed E-state index contributed by atoms with van der Waals surface area (Å²) in [5.74, 6) is 1.07. The van der Waals surface area contributed by atoms with Gasteiger partial charge in [-0.2, -0.15) is 13.2 Å². The smallest absolute Gasteiger partial charge is 0.433 e. The predicted molar refractivity (Wildman–Crippen MR) is 86.4 cm³/mol. The van der Waals surface area contributed by atoms with Crippen LogP contribution in [0.2, 0.25) is 0 Å². The minimum atomic E-state index is -4.47. The number of pyridine rings is 1. The van der Waals surface area contributed by atoms with Gasteiger partial charge in [0.25, 0.3) is 0 Å². The highest BCUT2D eigenvalue weighted by Gasteiger charge is 2.32. The molecule has 1 aliphatic rings. The zero-order chi connectivity index (χ0) is 17.9. The van der Waals surface area contributed by atoms with E-state index in [0.29, 0.717) is 12.6 Å². The lowest BCUT2D eigenvalue weighted by atomic mass is 9.99. The van der Waals surface area contributed by atoms with E-state index >= 15 is 0 Å². The van der Waals surface area contributed by atoms with Gasteiger partial charge in [-0.1, -0.05) is 0 Å². The third-order valence-electron chi connectivity index (χ3n) is 4.08. The number of nitrogens with zero attached hydrogens (tertiary/aromatic N) is 4. The lowest BCUT2D eigenvalue weighted by Gasteiger charge is -2.32. The highest BCUT2D eigenvalue weighted by atomic mass is 19.4. The first-order valence-corrected chi connectivity index (χ1v) is 8.11. The summed E-state index contributed by atoms with van der Waals surface area (Å²) in [6.07, 6.45) is 2.13. The number of aromatic nitrogens is 3. The van der Waals surface area contributed by atoms with E-state index < -0.39 is 11.9 Å². The number of aryl methyl sites for hydroxylation is 1. The molecular weight excluding hydrogens is 333 g/mol. The summed E-state index contributed by atoms with van der Waals surface area (Å²) in [5.41, 5.74) is 0.0575. The molecule has 0 amide bonds. The van der Waals surface area contributed by atoms with E-state index in [9.17, 15) is 13.2 Å². The van der Waals surface area contributed by atoms with Crippen LogP contribution < -0.4 is 9.64 Å². The van der Waals surface area contributed by atoms with Gasteiger partial charge in [0, 0.05) is 43.7 Å². The standard InChI is InChI=1S/C17H19F3N4O/c1-12-8-22-16(23-9-12)24-6-2-3-13(10-24)11-25-14-4-5-21-15(7-14)17(18,19)20/h4-5,7-9,13H,2-3,6,10-11H2,1H3. The number of anilines is 1. The number of alkyl halides is 3. The second-order valence-corrected chi connectivity index (χ2v) is 6.20. The Hall–Kier alpha value is -2.38. The SMILES string of the molecule is Cc1cnc(N2CCCC(COc3ccnc(C(F)(F)F)c3)C2)nc1. The molecule has 0 radical (unpaired) electrons. The quantitative estimate of drug-likeness (QED) is 0.843. The van der Waals surface area contributed by atoms with Crippen molar-refractivity contribution in [3.8, 4) is 5.75 Å². The molecule has 1 saturated heterocycles. The third-order valence-corrected chi connectivity index (χ3v) is 4.08. The molecule has 1 aliphatic heterocycles. The van der Waals surface area contributed by atoms with Gasteiger partial charge in [0.05, 0.1) is 6.61 Å². The first-order valence-electron chi connectivity index (χ1n) is 8.11. The molecule has 0 aromatic carbocycles. The van der Waals surface area contributed by atoms with Gasteiger partial charge in [0.15, 0.2) is 0 Å². The third kappa shape index (κ3) is 4.58. The van der Waals surface area contributed by atoms with Crippen LogP contribution in [0.4, 0.5) is 19.1 Å². The molecular formula is C17H19F3N4O. The lowest BCUT2D eigenvalue weighted by molar-refractivity contribution is -0.141. The summed E-state index contributed by atoms with van der Waals surface area (Å²) >= 11 is 0. The number of halogens is 3. The molecule has 0 saturated carbocycles. The normalized spacial score (nSPS) is 18.2. The van der Waals surface area contributed by atoms with Crippen molar-refractivity contribution in [3.63, 3.8) is 0 Å². The topological polar surface area (TPSA) is 51.1 Å². The molecule has 1 atom stereocenters. The lowest BCUT2D eigenvalue weighted by Crippen LogP contribution is -2.38. The van der Waals surface area contributed by atoms with E-state index in [2.05, 4.69) is 19.9 Å². The molecule has 1 fully saturated rings. The van der Waals surface area contributed by atoms with Gasteiger partial charge in [-0.3, -0.25) is 4.98 Å². The minimum Gasteiger partial charge on any atom is -0.493 e. The molecule has 2 aromatic heterocycles. The van der Waals surface area contributed by atoms with E-state index in [1.165, 1.54) is 6.07 Å². The summed E-state index contributed by atoms with van der Waals surface area (Å²) in [7, 11) is 0. The Balaban J connectivity index is 1.59. The molecule has 8 heteroatoms. The molecule has 134 valence electrons. The molecule has 5 nitrogen and oxygen atoms in total. The van der Waals surface area contributed by atoms with Crippen molar-refractivity contribution in [2.24, 2.45) is 5.92 Å². The predicted octanol–water partition coefficient (Wildman–Crippen LogP) is 3.49. The van der Waals surface area contributed by atoms with Crippen LogP contribution in [0, 0.1) is 12.8 Å². The average Bonchev–Trinajstić information content (AvgIpc) is 2.60. The maximum Gasteiger partial charge on any atom is 0.433 e. The van der Waals surface area contributed by atoms with Crippen LogP contribution in [0.1, 0.15) is 24.1 Å². The van der Waals surface area contributed by atoms with Gasteiger partial charge in [0.1, 0.15) is 11.4 Å².